The molecule has 7 nitrogen and oxygen atoms in total. The van der Waals surface area contributed by atoms with Crippen LogP contribution in [0.3, 0.4) is 0 Å². The number of anilines is 2. The predicted molar refractivity (Wildman–Crippen MR) is 122 cm³/mol. The van der Waals surface area contributed by atoms with Gasteiger partial charge in [-0.15, -0.1) is 10.2 Å². The molecule has 0 fully saturated rings. The third-order valence-electron chi connectivity index (χ3n) is 5.75. The average Bonchev–Trinajstić information content (AvgIpc) is 3.34. The van der Waals surface area contributed by atoms with Crippen molar-refractivity contribution < 1.29 is 9.18 Å². The van der Waals surface area contributed by atoms with Gasteiger partial charge in [-0.2, -0.15) is 0 Å². The number of urea groups is 1. The Kier molecular flexibility index (Phi) is 5.53. The molecule has 1 aliphatic rings. The van der Waals surface area contributed by atoms with Crippen LogP contribution < -0.4 is 10.2 Å². The van der Waals surface area contributed by atoms with Crippen molar-refractivity contribution in [1.82, 2.24) is 19.7 Å². The second-order valence-electron chi connectivity index (χ2n) is 7.89. The molecule has 0 spiro atoms. The third kappa shape index (κ3) is 4.05. The van der Waals surface area contributed by atoms with Crippen LogP contribution in [0, 0.1) is 5.82 Å². The molecule has 0 radical (unpaired) electrons. The number of rotatable bonds is 4. The lowest BCUT2D eigenvalue weighted by atomic mass is 10.2. The first-order chi connectivity index (χ1) is 15.6. The molecule has 2 aromatic carbocycles. The fourth-order valence-electron chi connectivity index (χ4n) is 4.05. The molecule has 0 bridgehead atoms. The zero-order valence-electron chi connectivity index (χ0n) is 17.3. The Morgan fingerprint density at radius 2 is 2.06 bits per heavy atom. The summed E-state index contributed by atoms with van der Waals surface area (Å²) in [6.45, 7) is 1.09. The molecule has 0 saturated carbocycles. The number of H-pyrrole nitrogens is 1. The van der Waals surface area contributed by atoms with Gasteiger partial charge in [0.25, 0.3) is 0 Å². The number of amides is 2. The van der Waals surface area contributed by atoms with Crippen molar-refractivity contribution in [2.24, 2.45) is 0 Å². The number of carbonyl (C=O) groups is 1. The van der Waals surface area contributed by atoms with E-state index in [1.165, 1.54) is 18.2 Å². The van der Waals surface area contributed by atoms with E-state index in [9.17, 15) is 9.18 Å². The molecule has 32 heavy (non-hydrogen) atoms. The summed E-state index contributed by atoms with van der Waals surface area (Å²) in [6, 6.07) is 11.5. The quantitative estimate of drug-likeness (QED) is 0.428. The highest BCUT2D eigenvalue weighted by molar-refractivity contribution is 6.31. The van der Waals surface area contributed by atoms with Gasteiger partial charge in [0.1, 0.15) is 11.6 Å². The number of hydrogen-bond donors (Lipinski definition) is 2. The van der Waals surface area contributed by atoms with Crippen molar-refractivity contribution in [3.8, 4) is 0 Å². The Labute approximate surface area is 189 Å². The number of aryl methyl sites for hydroxylation is 1. The fourth-order valence-corrected chi connectivity index (χ4v) is 4.23. The predicted octanol–water partition coefficient (Wildman–Crippen LogP) is 5.52. The molecule has 2 aromatic heterocycles. The van der Waals surface area contributed by atoms with Crippen LogP contribution in [-0.4, -0.2) is 25.8 Å². The monoisotopic (exact) mass is 452 g/mol. The minimum Gasteiger partial charge on any atom is -0.361 e. The Balaban J connectivity index is 1.49. The summed E-state index contributed by atoms with van der Waals surface area (Å²) in [5, 5.41) is 12.6. The Morgan fingerprint density at radius 1 is 1.16 bits per heavy atom. The maximum absolute atomic E-state index is 13.5. The molecular weight excluding hydrogens is 431 g/mol. The van der Waals surface area contributed by atoms with Gasteiger partial charge in [0.2, 0.25) is 0 Å². The van der Waals surface area contributed by atoms with Gasteiger partial charge in [0, 0.05) is 36.1 Å². The third-order valence-corrected chi connectivity index (χ3v) is 6.04. The lowest BCUT2D eigenvalue weighted by molar-refractivity contribution is 0.256. The van der Waals surface area contributed by atoms with Crippen molar-refractivity contribution in [1.29, 1.82) is 0 Å². The molecule has 0 aliphatic carbocycles. The van der Waals surface area contributed by atoms with E-state index in [2.05, 4.69) is 25.1 Å². The van der Waals surface area contributed by atoms with Crippen LogP contribution in [0.1, 0.15) is 30.9 Å². The largest absolute Gasteiger partial charge is 0.361 e. The number of fused-ring (bicyclic) bond motifs is 2. The van der Waals surface area contributed by atoms with Crippen LogP contribution in [0.2, 0.25) is 5.02 Å². The number of benzene rings is 2. The first kappa shape index (κ1) is 20.5. The smallest absolute Gasteiger partial charge is 0.326 e. The molecule has 0 unspecified atom stereocenters. The number of carbonyl (C=O) groups excluding carboxylic acids is 1. The minimum absolute atomic E-state index is 0.0510. The van der Waals surface area contributed by atoms with Crippen molar-refractivity contribution >= 4 is 39.9 Å². The van der Waals surface area contributed by atoms with Crippen molar-refractivity contribution in [2.45, 2.75) is 38.8 Å². The zero-order chi connectivity index (χ0) is 22.1. The van der Waals surface area contributed by atoms with Crippen LogP contribution >= 0.6 is 11.6 Å². The van der Waals surface area contributed by atoms with Crippen molar-refractivity contribution in [3.63, 3.8) is 0 Å². The SMILES string of the molecule is O=C(Nc1ccc(F)c(Cl)c1)N(Cc1nnc2n1CCCCC2)c1ccc2cc[nH]c2c1. The lowest BCUT2D eigenvalue weighted by Gasteiger charge is -2.23. The van der Waals surface area contributed by atoms with Gasteiger partial charge in [-0.3, -0.25) is 4.90 Å². The highest BCUT2D eigenvalue weighted by Gasteiger charge is 2.22. The molecule has 1 aliphatic heterocycles. The summed E-state index contributed by atoms with van der Waals surface area (Å²) < 4.78 is 15.7. The van der Waals surface area contributed by atoms with E-state index >= 15 is 0 Å². The molecule has 0 atom stereocenters. The van der Waals surface area contributed by atoms with E-state index in [0.29, 0.717) is 11.4 Å². The number of nitrogens with one attached hydrogen (secondary N) is 2. The molecule has 2 N–H and O–H groups in total. The van der Waals surface area contributed by atoms with Gasteiger partial charge < -0.3 is 14.9 Å². The maximum atomic E-state index is 13.5. The van der Waals surface area contributed by atoms with Gasteiger partial charge in [-0.05, 0) is 54.6 Å². The molecular formula is C23H22ClFN6O. The molecule has 164 valence electrons. The maximum Gasteiger partial charge on any atom is 0.326 e. The number of aromatic nitrogens is 4. The summed E-state index contributed by atoms with van der Waals surface area (Å²) >= 11 is 5.89. The molecule has 9 heteroatoms. The first-order valence-electron chi connectivity index (χ1n) is 10.6. The van der Waals surface area contributed by atoms with E-state index in [4.69, 9.17) is 11.6 Å². The number of halogens is 2. The van der Waals surface area contributed by atoms with E-state index in [1.807, 2.05) is 30.5 Å². The van der Waals surface area contributed by atoms with E-state index < -0.39 is 5.82 Å². The average molecular weight is 453 g/mol. The summed E-state index contributed by atoms with van der Waals surface area (Å²) in [5.41, 5.74) is 2.04. The minimum atomic E-state index is -0.537. The second kappa shape index (κ2) is 8.63. The summed E-state index contributed by atoms with van der Waals surface area (Å²) in [5.74, 6) is 1.16. The normalized spacial score (nSPS) is 13.6. The second-order valence-corrected chi connectivity index (χ2v) is 8.30. The van der Waals surface area contributed by atoms with Gasteiger partial charge in [0.15, 0.2) is 5.82 Å². The molecule has 2 amide bonds. The van der Waals surface area contributed by atoms with E-state index in [1.54, 1.807) is 4.90 Å². The Morgan fingerprint density at radius 3 is 2.94 bits per heavy atom. The standard InChI is InChI=1S/C23H22ClFN6O/c24-18-12-16(6-8-19(18)25)27-23(32)31(17-7-5-15-9-10-26-20(15)13-17)14-22-29-28-21-4-2-1-3-11-30(21)22/h5-10,12-13,26H,1-4,11,14H2,(H,27,32). The summed E-state index contributed by atoms with van der Waals surface area (Å²) in [7, 11) is 0. The Hall–Kier alpha value is -3.39. The van der Waals surface area contributed by atoms with Crippen molar-refractivity contribution in [2.75, 3.05) is 10.2 Å². The van der Waals surface area contributed by atoms with Crippen molar-refractivity contribution in [3.05, 3.63) is 71.2 Å². The first-order valence-corrected chi connectivity index (χ1v) is 11.0. The number of hydrogen-bond acceptors (Lipinski definition) is 3. The Bertz CT molecular complexity index is 1280. The molecule has 0 saturated heterocycles. The van der Waals surface area contributed by atoms with Crippen LogP contribution in [0.4, 0.5) is 20.6 Å². The fraction of sp³-hybridized carbons (Fsp3) is 0.261. The summed E-state index contributed by atoms with van der Waals surface area (Å²) in [4.78, 5) is 18.2. The van der Waals surface area contributed by atoms with Gasteiger partial charge in [-0.25, -0.2) is 9.18 Å². The number of aromatic amines is 1. The molecule has 4 aromatic rings. The number of nitrogens with zero attached hydrogens (tertiary/aromatic N) is 4. The molecule has 5 rings (SSSR count). The topological polar surface area (TPSA) is 78.8 Å². The van der Waals surface area contributed by atoms with Crippen LogP contribution in [0.25, 0.3) is 10.9 Å². The van der Waals surface area contributed by atoms with E-state index in [-0.39, 0.29) is 17.6 Å². The van der Waals surface area contributed by atoms with Crippen LogP contribution in [0.5, 0.6) is 0 Å². The highest BCUT2D eigenvalue weighted by atomic mass is 35.5. The van der Waals surface area contributed by atoms with Gasteiger partial charge >= 0.3 is 6.03 Å². The molecule has 3 heterocycles. The highest BCUT2D eigenvalue weighted by Crippen LogP contribution is 2.26. The van der Waals surface area contributed by atoms with Crippen LogP contribution in [0.15, 0.2) is 48.7 Å². The van der Waals surface area contributed by atoms with E-state index in [0.717, 1.165) is 54.8 Å². The van der Waals surface area contributed by atoms with Gasteiger partial charge in [-0.1, -0.05) is 24.1 Å². The van der Waals surface area contributed by atoms with Gasteiger partial charge in [0.05, 0.1) is 11.6 Å². The summed E-state index contributed by atoms with van der Waals surface area (Å²) in [6.07, 6.45) is 6.06. The lowest BCUT2D eigenvalue weighted by Crippen LogP contribution is -2.35. The zero-order valence-corrected chi connectivity index (χ0v) is 18.1. The van der Waals surface area contributed by atoms with Crippen LogP contribution in [-0.2, 0) is 19.5 Å².